The Morgan fingerprint density at radius 1 is 1.25 bits per heavy atom. The number of hydrogen-bond acceptors (Lipinski definition) is 3. The number of benzene rings is 1. The molecule has 0 radical (unpaired) electrons. The number of amidine groups is 1. The minimum atomic E-state index is 0.0903. The molecule has 0 saturated carbocycles. The zero-order valence-electron chi connectivity index (χ0n) is 9.53. The molecule has 16 heavy (non-hydrogen) atoms. The van der Waals surface area contributed by atoms with E-state index in [2.05, 4.69) is 0 Å². The molecule has 0 aliphatic carbocycles. The minimum Gasteiger partial charge on any atom is -0.385 e. The summed E-state index contributed by atoms with van der Waals surface area (Å²) in [7, 11) is 1.68. The number of nitrogen functional groups attached to an aromatic ring is 1. The van der Waals surface area contributed by atoms with Gasteiger partial charge in [-0.2, -0.15) is 0 Å². The van der Waals surface area contributed by atoms with Crippen LogP contribution in [0.25, 0.3) is 0 Å². The van der Waals surface area contributed by atoms with Gasteiger partial charge in [0.25, 0.3) is 0 Å². The van der Waals surface area contributed by atoms with Crippen molar-refractivity contribution in [3.8, 4) is 0 Å². The molecule has 1 aromatic carbocycles. The molecule has 0 unspecified atom stereocenters. The zero-order valence-corrected chi connectivity index (χ0v) is 9.53. The Labute approximate surface area is 95.9 Å². The summed E-state index contributed by atoms with van der Waals surface area (Å²) in [6.45, 7) is 2.01. The molecule has 0 fully saturated rings. The van der Waals surface area contributed by atoms with Gasteiger partial charge in [-0.3, -0.25) is 5.41 Å². The van der Waals surface area contributed by atoms with Crippen molar-refractivity contribution in [2.75, 3.05) is 20.3 Å². The average molecular weight is 222 g/mol. The van der Waals surface area contributed by atoms with Crippen LogP contribution in [-0.2, 0) is 16.1 Å². The van der Waals surface area contributed by atoms with Gasteiger partial charge >= 0.3 is 0 Å². The van der Waals surface area contributed by atoms with Gasteiger partial charge in [-0.1, -0.05) is 24.3 Å². The van der Waals surface area contributed by atoms with E-state index < -0.39 is 0 Å². The fourth-order valence-corrected chi connectivity index (χ4v) is 1.28. The van der Waals surface area contributed by atoms with Gasteiger partial charge < -0.3 is 15.2 Å². The number of nitrogens with one attached hydrogen (secondary N) is 1. The van der Waals surface area contributed by atoms with Crippen molar-refractivity contribution in [2.24, 2.45) is 5.73 Å². The molecule has 0 aliphatic heterocycles. The molecular formula is C12H18N2O2. The number of hydrogen-bond donors (Lipinski definition) is 2. The molecule has 3 N–H and O–H groups in total. The fourth-order valence-electron chi connectivity index (χ4n) is 1.28. The highest BCUT2D eigenvalue weighted by Crippen LogP contribution is 2.05. The van der Waals surface area contributed by atoms with Gasteiger partial charge in [0.05, 0.1) is 6.61 Å². The predicted molar refractivity (Wildman–Crippen MR) is 63.6 cm³/mol. The molecule has 4 nitrogen and oxygen atoms in total. The van der Waals surface area contributed by atoms with E-state index in [9.17, 15) is 0 Å². The highest BCUT2D eigenvalue weighted by Gasteiger charge is 1.97. The van der Waals surface area contributed by atoms with Crippen LogP contribution in [0, 0.1) is 5.41 Å². The lowest BCUT2D eigenvalue weighted by Gasteiger charge is -2.05. The first-order valence-corrected chi connectivity index (χ1v) is 5.24. The monoisotopic (exact) mass is 222 g/mol. The SMILES string of the molecule is COCCCOCc1ccc(C(=N)N)cc1. The van der Waals surface area contributed by atoms with Crippen molar-refractivity contribution in [3.63, 3.8) is 0 Å². The van der Waals surface area contributed by atoms with E-state index in [0.717, 1.165) is 24.2 Å². The molecule has 4 heteroatoms. The minimum absolute atomic E-state index is 0.0903. The van der Waals surface area contributed by atoms with Crippen molar-refractivity contribution in [3.05, 3.63) is 35.4 Å². The number of ether oxygens (including phenoxy) is 2. The molecule has 0 spiro atoms. The lowest BCUT2D eigenvalue weighted by molar-refractivity contribution is 0.0928. The van der Waals surface area contributed by atoms with Gasteiger partial charge in [-0.15, -0.1) is 0 Å². The van der Waals surface area contributed by atoms with E-state index in [1.807, 2.05) is 24.3 Å². The van der Waals surface area contributed by atoms with Crippen molar-refractivity contribution in [1.82, 2.24) is 0 Å². The van der Waals surface area contributed by atoms with Crippen molar-refractivity contribution >= 4 is 5.84 Å². The van der Waals surface area contributed by atoms with Crippen LogP contribution < -0.4 is 5.73 Å². The maximum absolute atomic E-state index is 7.25. The maximum Gasteiger partial charge on any atom is 0.122 e. The van der Waals surface area contributed by atoms with E-state index in [1.165, 1.54) is 0 Å². The molecule has 0 bridgehead atoms. The van der Waals surface area contributed by atoms with Gasteiger partial charge in [0.2, 0.25) is 0 Å². The Kier molecular flexibility index (Phi) is 5.53. The van der Waals surface area contributed by atoms with Gasteiger partial charge in [-0.05, 0) is 12.0 Å². The van der Waals surface area contributed by atoms with Crippen molar-refractivity contribution < 1.29 is 9.47 Å². The molecule has 1 rings (SSSR count). The smallest absolute Gasteiger partial charge is 0.122 e. The van der Waals surface area contributed by atoms with Crippen LogP contribution in [0.2, 0.25) is 0 Å². The fraction of sp³-hybridized carbons (Fsp3) is 0.417. The van der Waals surface area contributed by atoms with Gasteiger partial charge in [-0.25, -0.2) is 0 Å². The summed E-state index contributed by atoms with van der Waals surface area (Å²) in [5, 5.41) is 7.25. The zero-order chi connectivity index (χ0) is 11.8. The number of methoxy groups -OCH3 is 1. The third-order valence-electron chi connectivity index (χ3n) is 2.17. The molecule has 0 aromatic heterocycles. The Hall–Kier alpha value is -1.39. The van der Waals surface area contributed by atoms with Crippen LogP contribution in [-0.4, -0.2) is 26.2 Å². The largest absolute Gasteiger partial charge is 0.385 e. The van der Waals surface area contributed by atoms with Crippen LogP contribution in [0.3, 0.4) is 0 Å². The van der Waals surface area contributed by atoms with Crippen LogP contribution in [0.15, 0.2) is 24.3 Å². The molecule has 88 valence electrons. The van der Waals surface area contributed by atoms with Crippen LogP contribution in [0.4, 0.5) is 0 Å². The molecular weight excluding hydrogens is 204 g/mol. The van der Waals surface area contributed by atoms with E-state index in [1.54, 1.807) is 7.11 Å². The molecule has 1 aromatic rings. The Bertz CT molecular complexity index is 322. The molecule has 0 amide bonds. The summed E-state index contributed by atoms with van der Waals surface area (Å²) in [5.74, 6) is 0.0903. The normalized spacial score (nSPS) is 10.3. The maximum atomic E-state index is 7.25. The van der Waals surface area contributed by atoms with Gasteiger partial charge in [0, 0.05) is 25.9 Å². The van der Waals surface area contributed by atoms with Crippen LogP contribution in [0.5, 0.6) is 0 Å². The van der Waals surface area contributed by atoms with E-state index in [0.29, 0.717) is 13.2 Å². The van der Waals surface area contributed by atoms with E-state index >= 15 is 0 Å². The Balaban J connectivity index is 2.29. The second kappa shape index (κ2) is 6.98. The van der Waals surface area contributed by atoms with E-state index in [-0.39, 0.29) is 5.84 Å². The van der Waals surface area contributed by atoms with Crippen molar-refractivity contribution in [2.45, 2.75) is 13.0 Å². The first-order chi connectivity index (χ1) is 7.74. The predicted octanol–water partition coefficient (Wildman–Crippen LogP) is 1.52. The number of rotatable bonds is 7. The summed E-state index contributed by atoms with van der Waals surface area (Å²) < 4.78 is 10.4. The highest BCUT2D eigenvalue weighted by atomic mass is 16.5. The molecule has 0 heterocycles. The quantitative estimate of drug-likeness (QED) is 0.417. The summed E-state index contributed by atoms with van der Waals surface area (Å²) in [6.07, 6.45) is 0.905. The molecule has 0 saturated heterocycles. The van der Waals surface area contributed by atoms with Crippen LogP contribution >= 0.6 is 0 Å². The summed E-state index contributed by atoms with van der Waals surface area (Å²) in [6, 6.07) is 7.51. The standard InChI is InChI=1S/C12H18N2O2/c1-15-7-2-8-16-9-10-3-5-11(6-4-10)12(13)14/h3-6H,2,7-9H2,1H3,(H3,13,14). The number of nitrogens with two attached hydrogens (primary N) is 1. The summed E-state index contributed by atoms with van der Waals surface area (Å²) in [5.41, 5.74) is 7.18. The summed E-state index contributed by atoms with van der Waals surface area (Å²) in [4.78, 5) is 0. The van der Waals surface area contributed by atoms with Crippen LogP contribution in [0.1, 0.15) is 17.5 Å². The molecule has 0 atom stereocenters. The van der Waals surface area contributed by atoms with Crippen molar-refractivity contribution in [1.29, 1.82) is 5.41 Å². The second-order valence-electron chi connectivity index (χ2n) is 3.51. The molecule has 0 aliphatic rings. The van der Waals surface area contributed by atoms with Gasteiger partial charge in [0.1, 0.15) is 5.84 Å². The lowest BCUT2D eigenvalue weighted by Crippen LogP contribution is -2.10. The average Bonchev–Trinajstić information content (AvgIpc) is 2.29. The second-order valence-corrected chi connectivity index (χ2v) is 3.51. The summed E-state index contributed by atoms with van der Waals surface area (Å²) >= 11 is 0. The van der Waals surface area contributed by atoms with Gasteiger partial charge in [0.15, 0.2) is 0 Å². The lowest BCUT2D eigenvalue weighted by atomic mass is 10.1. The first kappa shape index (κ1) is 12.7. The third-order valence-corrected chi connectivity index (χ3v) is 2.17. The van der Waals surface area contributed by atoms with E-state index in [4.69, 9.17) is 20.6 Å². The topological polar surface area (TPSA) is 68.3 Å². The Morgan fingerprint density at radius 2 is 1.94 bits per heavy atom. The highest BCUT2D eigenvalue weighted by molar-refractivity contribution is 5.94. The first-order valence-electron chi connectivity index (χ1n) is 5.24. The Morgan fingerprint density at radius 3 is 2.50 bits per heavy atom. The third kappa shape index (κ3) is 4.42.